The van der Waals surface area contributed by atoms with Crippen molar-refractivity contribution >= 4 is 23.2 Å². The molecule has 0 saturated heterocycles. The van der Waals surface area contributed by atoms with Gasteiger partial charge in [-0.2, -0.15) is 5.10 Å². The van der Waals surface area contributed by atoms with Crippen molar-refractivity contribution in [2.24, 2.45) is 0 Å². The normalized spacial score (nSPS) is 10.5. The minimum Gasteiger partial charge on any atom is -0.342 e. The molecule has 2 aromatic rings. The average molecular weight is 253 g/mol. The van der Waals surface area contributed by atoms with Crippen LogP contribution >= 0.6 is 11.6 Å². The zero-order valence-electron chi connectivity index (χ0n) is 9.40. The fraction of sp³-hybridized carbons (Fsp3) is 0.273. The number of anilines is 1. The Hall–Kier alpha value is -1.75. The minimum absolute atomic E-state index is 0.188. The molecular weight excluding hydrogens is 240 g/mol. The summed E-state index contributed by atoms with van der Waals surface area (Å²) in [5.74, 6) is -0.188. The van der Waals surface area contributed by atoms with Gasteiger partial charge in [-0.25, -0.2) is 0 Å². The highest BCUT2D eigenvalue weighted by Crippen LogP contribution is 2.16. The Morgan fingerprint density at radius 3 is 3.12 bits per heavy atom. The van der Waals surface area contributed by atoms with E-state index in [0.29, 0.717) is 16.4 Å². The van der Waals surface area contributed by atoms with Gasteiger partial charge in [-0.15, -0.1) is 0 Å². The topological polar surface area (TPSA) is 62.7 Å². The summed E-state index contributed by atoms with van der Waals surface area (Å²) in [6, 6.07) is 1.66. The fourth-order valence-corrected chi connectivity index (χ4v) is 1.83. The predicted molar refractivity (Wildman–Crippen MR) is 66.3 cm³/mol. The summed E-state index contributed by atoms with van der Waals surface area (Å²) in [4.78, 5) is 12.0. The number of aryl methyl sites for hydroxylation is 1. The largest absolute Gasteiger partial charge is 0.342 e. The Balaban J connectivity index is 2.18. The highest BCUT2D eigenvalue weighted by atomic mass is 35.5. The molecule has 0 unspecified atom stereocenters. The van der Waals surface area contributed by atoms with Gasteiger partial charge in [0.1, 0.15) is 5.69 Å². The Bertz CT molecular complexity index is 504. The molecule has 2 heterocycles. The van der Waals surface area contributed by atoms with E-state index < -0.39 is 0 Å². The van der Waals surface area contributed by atoms with Gasteiger partial charge in [-0.05, 0) is 12.5 Å². The monoisotopic (exact) mass is 252 g/mol. The van der Waals surface area contributed by atoms with E-state index in [1.54, 1.807) is 24.7 Å². The number of aromatic nitrogens is 3. The maximum Gasteiger partial charge on any atom is 0.272 e. The maximum atomic E-state index is 12.0. The van der Waals surface area contributed by atoms with Crippen molar-refractivity contribution in [1.82, 2.24) is 14.8 Å². The molecule has 0 spiro atoms. The van der Waals surface area contributed by atoms with Gasteiger partial charge in [0, 0.05) is 18.9 Å². The number of nitrogens with one attached hydrogen (secondary N) is 2. The molecule has 0 aliphatic rings. The third-order valence-electron chi connectivity index (χ3n) is 2.32. The fourth-order valence-electron chi connectivity index (χ4n) is 1.61. The van der Waals surface area contributed by atoms with Crippen molar-refractivity contribution in [3.8, 4) is 0 Å². The highest BCUT2D eigenvalue weighted by molar-refractivity contribution is 6.31. The molecule has 0 fully saturated rings. The minimum atomic E-state index is -0.188. The molecule has 5 nitrogen and oxygen atoms in total. The molecule has 2 rings (SSSR count). The van der Waals surface area contributed by atoms with Gasteiger partial charge in [0.05, 0.1) is 16.9 Å². The molecule has 90 valence electrons. The molecule has 0 aromatic carbocycles. The van der Waals surface area contributed by atoms with Crippen molar-refractivity contribution in [3.05, 3.63) is 35.4 Å². The first-order valence-corrected chi connectivity index (χ1v) is 5.74. The van der Waals surface area contributed by atoms with Crippen LogP contribution in [0.4, 0.5) is 5.69 Å². The Morgan fingerprint density at radius 2 is 2.47 bits per heavy atom. The summed E-state index contributed by atoms with van der Waals surface area (Å²) >= 11 is 5.91. The number of carbonyl (C=O) groups excluding carboxylic acids is 1. The van der Waals surface area contributed by atoms with Gasteiger partial charge in [-0.3, -0.25) is 9.89 Å². The SMILES string of the molecule is CCCn1cc(Cl)cc1C(=O)Nc1cn[nH]c1. The smallest absolute Gasteiger partial charge is 0.272 e. The lowest BCUT2D eigenvalue weighted by molar-refractivity contribution is 0.101. The van der Waals surface area contributed by atoms with Gasteiger partial charge in [0.2, 0.25) is 0 Å². The molecule has 2 aromatic heterocycles. The van der Waals surface area contributed by atoms with Crippen LogP contribution in [0.5, 0.6) is 0 Å². The van der Waals surface area contributed by atoms with Crippen LogP contribution in [0.2, 0.25) is 5.02 Å². The highest BCUT2D eigenvalue weighted by Gasteiger charge is 2.13. The number of nitrogens with zero attached hydrogens (tertiary/aromatic N) is 2. The quantitative estimate of drug-likeness (QED) is 0.878. The van der Waals surface area contributed by atoms with Crippen LogP contribution in [0.15, 0.2) is 24.7 Å². The van der Waals surface area contributed by atoms with Crippen molar-refractivity contribution < 1.29 is 4.79 Å². The number of amides is 1. The average Bonchev–Trinajstić information content (AvgIpc) is 2.88. The molecule has 0 radical (unpaired) electrons. The van der Waals surface area contributed by atoms with E-state index in [9.17, 15) is 4.79 Å². The summed E-state index contributed by atoms with van der Waals surface area (Å²) in [6.07, 6.45) is 5.87. The van der Waals surface area contributed by atoms with Gasteiger partial charge < -0.3 is 9.88 Å². The maximum absolute atomic E-state index is 12.0. The summed E-state index contributed by atoms with van der Waals surface area (Å²) in [5.41, 5.74) is 1.19. The lowest BCUT2D eigenvalue weighted by Gasteiger charge is -2.06. The second kappa shape index (κ2) is 5.05. The second-order valence-electron chi connectivity index (χ2n) is 3.68. The van der Waals surface area contributed by atoms with Gasteiger partial charge in [-0.1, -0.05) is 18.5 Å². The lowest BCUT2D eigenvalue weighted by atomic mass is 10.3. The van der Waals surface area contributed by atoms with Crippen LogP contribution in [0.25, 0.3) is 0 Å². The molecule has 0 aliphatic carbocycles. The summed E-state index contributed by atoms with van der Waals surface area (Å²) in [6.45, 7) is 2.81. The first kappa shape index (κ1) is 11.7. The van der Waals surface area contributed by atoms with Crippen LogP contribution in [-0.4, -0.2) is 20.7 Å². The van der Waals surface area contributed by atoms with E-state index in [1.807, 2.05) is 11.5 Å². The van der Waals surface area contributed by atoms with E-state index in [2.05, 4.69) is 15.5 Å². The molecule has 0 bridgehead atoms. The number of carbonyl (C=O) groups is 1. The molecule has 1 amide bonds. The van der Waals surface area contributed by atoms with E-state index in [0.717, 1.165) is 13.0 Å². The van der Waals surface area contributed by atoms with Crippen LogP contribution in [-0.2, 0) is 6.54 Å². The van der Waals surface area contributed by atoms with Crippen molar-refractivity contribution in [1.29, 1.82) is 0 Å². The number of hydrogen-bond acceptors (Lipinski definition) is 2. The molecule has 17 heavy (non-hydrogen) atoms. The van der Waals surface area contributed by atoms with Gasteiger partial charge >= 0.3 is 0 Å². The van der Waals surface area contributed by atoms with E-state index in [-0.39, 0.29) is 5.91 Å². The number of hydrogen-bond donors (Lipinski definition) is 2. The van der Waals surface area contributed by atoms with E-state index >= 15 is 0 Å². The third kappa shape index (κ3) is 2.68. The zero-order valence-corrected chi connectivity index (χ0v) is 10.2. The molecule has 0 aliphatic heterocycles. The van der Waals surface area contributed by atoms with Gasteiger partial charge in [0.15, 0.2) is 0 Å². The third-order valence-corrected chi connectivity index (χ3v) is 2.52. The second-order valence-corrected chi connectivity index (χ2v) is 4.11. The van der Waals surface area contributed by atoms with Crippen molar-refractivity contribution in [2.75, 3.05) is 5.32 Å². The zero-order chi connectivity index (χ0) is 12.3. The first-order chi connectivity index (χ1) is 8.20. The summed E-state index contributed by atoms with van der Waals surface area (Å²) in [7, 11) is 0. The number of H-pyrrole nitrogens is 1. The molecular formula is C11H13ClN4O. The van der Waals surface area contributed by atoms with Crippen LogP contribution < -0.4 is 5.32 Å². The van der Waals surface area contributed by atoms with Gasteiger partial charge in [0.25, 0.3) is 5.91 Å². The number of halogens is 1. The summed E-state index contributed by atoms with van der Waals surface area (Å²) < 4.78 is 1.84. The van der Waals surface area contributed by atoms with Crippen LogP contribution in [0.1, 0.15) is 23.8 Å². The molecule has 2 N–H and O–H groups in total. The molecule has 6 heteroatoms. The molecule has 0 saturated carbocycles. The van der Waals surface area contributed by atoms with Crippen molar-refractivity contribution in [2.45, 2.75) is 19.9 Å². The lowest BCUT2D eigenvalue weighted by Crippen LogP contribution is -2.16. The van der Waals surface area contributed by atoms with E-state index in [1.165, 1.54) is 0 Å². The van der Waals surface area contributed by atoms with Crippen molar-refractivity contribution in [3.63, 3.8) is 0 Å². The molecule has 0 atom stereocenters. The Morgan fingerprint density at radius 1 is 1.65 bits per heavy atom. The standard InChI is InChI=1S/C11H13ClN4O/c1-2-3-16-7-8(12)4-10(16)11(17)15-9-5-13-14-6-9/h4-7H,2-3H2,1H3,(H,13,14)(H,15,17). The summed E-state index contributed by atoms with van der Waals surface area (Å²) in [5, 5.41) is 9.70. The van der Waals surface area contributed by atoms with E-state index in [4.69, 9.17) is 11.6 Å². The predicted octanol–water partition coefficient (Wildman–Crippen LogP) is 2.53. The van der Waals surface area contributed by atoms with Crippen LogP contribution in [0, 0.1) is 0 Å². The number of rotatable bonds is 4. The first-order valence-electron chi connectivity index (χ1n) is 5.36. The number of aromatic amines is 1. The van der Waals surface area contributed by atoms with Crippen LogP contribution in [0.3, 0.4) is 0 Å². The Labute approximate surface area is 104 Å². The Kier molecular flexibility index (Phi) is 3.49.